The fourth-order valence-electron chi connectivity index (χ4n) is 3.34. The number of rotatable bonds is 3. The van der Waals surface area contributed by atoms with Crippen LogP contribution in [0.2, 0.25) is 0 Å². The number of hydrogen-bond acceptors (Lipinski definition) is 3. The molecule has 0 aliphatic carbocycles. The Kier molecular flexibility index (Phi) is 5.00. The highest BCUT2D eigenvalue weighted by molar-refractivity contribution is 7.89. The lowest BCUT2D eigenvalue weighted by Gasteiger charge is -2.33. The molecule has 0 bridgehead atoms. The maximum Gasteiger partial charge on any atom is 0.243 e. The lowest BCUT2D eigenvalue weighted by atomic mass is 9.92. The molecule has 0 amide bonds. The van der Waals surface area contributed by atoms with Crippen LogP contribution in [-0.4, -0.2) is 31.9 Å². The van der Waals surface area contributed by atoms with E-state index in [0.717, 1.165) is 35.1 Å². The number of aryl methyl sites for hydroxylation is 2. The Morgan fingerprint density at radius 2 is 1.55 bits per heavy atom. The smallest absolute Gasteiger partial charge is 0.243 e. The first kappa shape index (κ1) is 17.4. The Labute approximate surface area is 134 Å². The molecule has 4 nitrogen and oxygen atoms in total. The molecule has 1 aliphatic rings. The molecular formula is C17H28N2O2S. The Balaban J connectivity index is 2.37. The van der Waals surface area contributed by atoms with Gasteiger partial charge in [0.05, 0.1) is 4.90 Å². The lowest BCUT2D eigenvalue weighted by Crippen LogP contribution is -2.42. The van der Waals surface area contributed by atoms with Crippen molar-refractivity contribution in [2.75, 3.05) is 13.1 Å². The quantitative estimate of drug-likeness (QED) is 0.930. The molecule has 0 aromatic heterocycles. The third kappa shape index (κ3) is 3.07. The second-order valence-corrected chi connectivity index (χ2v) is 8.56. The van der Waals surface area contributed by atoms with E-state index < -0.39 is 10.0 Å². The van der Waals surface area contributed by atoms with Gasteiger partial charge in [-0.1, -0.05) is 6.07 Å². The van der Waals surface area contributed by atoms with Crippen LogP contribution in [0, 0.1) is 33.6 Å². The van der Waals surface area contributed by atoms with Crippen LogP contribution in [-0.2, 0) is 10.0 Å². The number of nitrogens with two attached hydrogens (primary N) is 1. The Morgan fingerprint density at radius 3 is 1.95 bits per heavy atom. The summed E-state index contributed by atoms with van der Waals surface area (Å²) < 4.78 is 27.8. The molecule has 1 aromatic rings. The molecule has 22 heavy (non-hydrogen) atoms. The summed E-state index contributed by atoms with van der Waals surface area (Å²) >= 11 is 0. The average molecular weight is 324 g/mol. The van der Waals surface area contributed by atoms with Crippen LogP contribution in [0.5, 0.6) is 0 Å². The van der Waals surface area contributed by atoms with E-state index in [4.69, 9.17) is 5.73 Å². The number of nitrogens with zero attached hydrogens (tertiary/aromatic N) is 1. The van der Waals surface area contributed by atoms with Crippen LogP contribution in [0.3, 0.4) is 0 Å². The van der Waals surface area contributed by atoms with E-state index in [1.807, 2.05) is 34.6 Å². The number of piperidine rings is 1. The van der Waals surface area contributed by atoms with Crippen molar-refractivity contribution in [1.29, 1.82) is 0 Å². The highest BCUT2D eigenvalue weighted by atomic mass is 32.2. The van der Waals surface area contributed by atoms with Crippen molar-refractivity contribution in [3.05, 3.63) is 28.3 Å². The minimum absolute atomic E-state index is 0.134. The largest absolute Gasteiger partial charge is 0.328 e. The van der Waals surface area contributed by atoms with Gasteiger partial charge in [0.15, 0.2) is 0 Å². The van der Waals surface area contributed by atoms with Gasteiger partial charge >= 0.3 is 0 Å². The lowest BCUT2D eigenvalue weighted by molar-refractivity contribution is 0.250. The van der Waals surface area contributed by atoms with Gasteiger partial charge in [-0.05, 0) is 75.6 Å². The molecule has 1 saturated heterocycles. The summed E-state index contributed by atoms with van der Waals surface area (Å²) in [6.45, 7) is 10.9. The zero-order valence-corrected chi connectivity index (χ0v) is 15.1. The van der Waals surface area contributed by atoms with E-state index in [9.17, 15) is 8.42 Å². The molecule has 0 radical (unpaired) electrons. The molecule has 5 heteroatoms. The van der Waals surface area contributed by atoms with Crippen molar-refractivity contribution in [3.8, 4) is 0 Å². The third-order valence-corrected chi connectivity index (χ3v) is 7.31. The first-order chi connectivity index (χ1) is 10.2. The first-order valence-electron chi connectivity index (χ1n) is 7.99. The molecule has 0 saturated carbocycles. The summed E-state index contributed by atoms with van der Waals surface area (Å²) in [4.78, 5) is 0.504. The number of benzene rings is 1. The fourth-order valence-corrected chi connectivity index (χ4v) is 5.38. The van der Waals surface area contributed by atoms with E-state index in [0.29, 0.717) is 23.9 Å². The summed E-state index contributed by atoms with van der Waals surface area (Å²) in [7, 11) is -3.42. The predicted octanol–water partition coefficient (Wildman–Crippen LogP) is 2.67. The normalized spacial score (nSPS) is 19.4. The van der Waals surface area contributed by atoms with E-state index >= 15 is 0 Å². The van der Waals surface area contributed by atoms with Gasteiger partial charge < -0.3 is 5.73 Å². The minimum atomic E-state index is -3.42. The molecule has 1 aromatic carbocycles. The van der Waals surface area contributed by atoms with Crippen LogP contribution < -0.4 is 5.73 Å². The summed E-state index contributed by atoms with van der Waals surface area (Å²) in [5.41, 5.74) is 9.77. The molecule has 1 aliphatic heterocycles. The molecule has 0 spiro atoms. The van der Waals surface area contributed by atoms with Crippen LogP contribution >= 0.6 is 0 Å². The highest BCUT2D eigenvalue weighted by Crippen LogP contribution is 2.31. The Hall–Kier alpha value is -0.910. The summed E-state index contributed by atoms with van der Waals surface area (Å²) in [6, 6.07) is 2.20. The molecule has 2 N–H and O–H groups in total. The van der Waals surface area contributed by atoms with Crippen LogP contribution in [0.1, 0.15) is 42.0 Å². The van der Waals surface area contributed by atoms with Crippen molar-refractivity contribution in [2.24, 2.45) is 11.7 Å². The van der Waals surface area contributed by atoms with Crippen molar-refractivity contribution >= 4 is 10.0 Å². The van der Waals surface area contributed by atoms with Gasteiger partial charge in [0.2, 0.25) is 10.0 Å². The molecular weight excluding hydrogens is 296 g/mol. The van der Waals surface area contributed by atoms with Gasteiger partial charge in [0, 0.05) is 19.1 Å². The number of sulfonamides is 1. The minimum Gasteiger partial charge on any atom is -0.328 e. The second-order valence-electron chi connectivity index (χ2n) is 6.69. The molecule has 124 valence electrons. The SMILES string of the molecule is Cc1cc(C)c(C)c(S(=O)(=O)N2CCC(C(C)N)CC2)c1C. The highest BCUT2D eigenvalue weighted by Gasteiger charge is 2.33. The summed E-state index contributed by atoms with van der Waals surface area (Å²) in [6.07, 6.45) is 1.69. The molecule has 1 heterocycles. The molecule has 2 rings (SSSR count). The molecule has 1 atom stereocenters. The Bertz CT molecular complexity index is 631. The van der Waals surface area contributed by atoms with Gasteiger partial charge in [-0.25, -0.2) is 8.42 Å². The van der Waals surface area contributed by atoms with E-state index in [1.54, 1.807) is 4.31 Å². The zero-order chi connectivity index (χ0) is 16.7. The van der Waals surface area contributed by atoms with Gasteiger partial charge in [0.25, 0.3) is 0 Å². The van der Waals surface area contributed by atoms with Crippen molar-refractivity contribution < 1.29 is 8.42 Å². The van der Waals surface area contributed by atoms with E-state index in [1.165, 1.54) is 0 Å². The third-order valence-electron chi connectivity index (χ3n) is 5.14. The van der Waals surface area contributed by atoms with Gasteiger partial charge in [-0.2, -0.15) is 4.31 Å². The monoisotopic (exact) mass is 324 g/mol. The van der Waals surface area contributed by atoms with E-state index in [-0.39, 0.29) is 6.04 Å². The number of hydrogen-bond donors (Lipinski definition) is 1. The standard InChI is InChI=1S/C17H28N2O2S/c1-11-10-12(2)14(4)17(13(11)3)22(20,21)19-8-6-16(7-9-19)15(5)18/h10,15-16H,6-9,18H2,1-5H3. The van der Waals surface area contributed by atoms with Gasteiger partial charge in [-0.3, -0.25) is 0 Å². The maximum absolute atomic E-state index is 13.1. The topological polar surface area (TPSA) is 63.4 Å². The molecule has 1 unspecified atom stereocenters. The second kappa shape index (κ2) is 6.30. The summed E-state index contributed by atoms with van der Waals surface area (Å²) in [5.74, 6) is 0.424. The molecule has 1 fully saturated rings. The Morgan fingerprint density at radius 1 is 1.09 bits per heavy atom. The van der Waals surface area contributed by atoms with Gasteiger partial charge in [-0.15, -0.1) is 0 Å². The van der Waals surface area contributed by atoms with Crippen molar-refractivity contribution in [3.63, 3.8) is 0 Å². The zero-order valence-electron chi connectivity index (χ0n) is 14.3. The predicted molar refractivity (Wildman–Crippen MR) is 90.5 cm³/mol. The maximum atomic E-state index is 13.1. The summed E-state index contributed by atoms with van der Waals surface area (Å²) in [5, 5.41) is 0. The van der Waals surface area contributed by atoms with Crippen molar-refractivity contribution in [1.82, 2.24) is 4.31 Å². The first-order valence-corrected chi connectivity index (χ1v) is 9.43. The van der Waals surface area contributed by atoms with Crippen LogP contribution in [0.25, 0.3) is 0 Å². The van der Waals surface area contributed by atoms with Gasteiger partial charge in [0.1, 0.15) is 0 Å². The fraction of sp³-hybridized carbons (Fsp3) is 0.647. The van der Waals surface area contributed by atoms with E-state index in [2.05, 4.69) is 6.07 Å². The average Bonchev–Trinajstić information content (AvgIpc) is 2.45. The van der Waals surface area contributed by atoms with Crippen LogP contribution in [0.4, 0.5) is 0 Å². The van der Waals surface area contributed by atoms with Crippen LogP contribution in [0.15, 0.2) is 11.0 Å². The van der Waals surface area contributed by atoms with Crippen molar-refractivity contribution in [2.45, 2.75) is 58.4 Å².